The number of carbonyl (C=O) groups is 3. The Hall–Kier alpha value is -4.00. The number of hydrogen-bond donors (Lipinski definition) is 3. The molecule has 0 radical (unpaired) electrons. The van der Waals surface area contributed by atoms with E-state index in [1.54, 1.807) is 39.8 Å². The molecule has 1 unspecified atom stereocenters. The van der Waals surface area contributed by atoms with Crippen molar-refractivity contribution in [3.8, 4) is 5.75 Å². The van der Waals surface area contributed by atoms with Crippen LogP contribution in [0.2, 0.25) is 0 Å². The molecule has 1 saturated heterocycles. The zero-order chi connectivity index (χ0) is 28.2. The number of carbonyl (C=O) groups excluding carboxylic acids is 3. The second-order valence-electron chi connectivity index (χ2n) is 10.2. The van der Waals surface area contributed by atoms with E-state index in [2.05, 4.69) is 15.3 Å². The normalized spacial score (nSPS) is 15.9. The van der Waals surface area contributed by atoms with Gasteiger partial charge < -0.3 is 34.8 Å². The highest BCUT2D eigenvalue weighted by molar-refractivity contribution is 5.94. The van der Waals surface area contributed by atoms with Gasteiger partial charge in [-0.3, -0.25) is 14.4 Å². The highest BCUT2D eigenvalue weighted by Gasteiger charge is 2.37. The average molecular weight is 533 g/mol. The van der Waals surface area contributed by atoms with Crippen molar-refractivity contribution in [2.75, 3.05) is 40.3 Å². The first-order valence-corrected chi connectivity index (χ1v) is 12.0. The van der Waals surface area contributed by atoms with Crippen LogP contribution in [0.15, 0.2) is 29.1 Å². The fourth-order valence-corrected chi connectivity index (χ4v) is 3.84. The van der Waals surface area contributed by atoms with Crippen LogP contribution in [0.25, 0.3) is 0 Å². The maximum Gasteiger partial charge on any atom is 0.410 e. The van der Waals surface area contributed by atoms with Crippen LogP contribution in [-0.4, -0.2) is 93.6 Å². The lowest BCUT2D eigenvalue weighted by Gasteiger charge is -2.41. The van der Waals surface area contributed by atoms with Gasteiger partial charge in [0.05, 0.1) is 13.1 Å². The Morgan fingerprint density at radius 1 is 1.21 bits per heavy atom. The fraction of sp³-hybridized carbons (Fsp3) is 0.480. The summed E-state index contributed by atoms with van der Waals surface area (Å²) < 4.78 is 18.6. The number of H-pyrrole nitrogens is 1. The summed E-state index contributed by atoms with van der Waals surface area (Å²) in [6, 6.07) is 4.52. The number of amides is 3. The minimum atomic E-state index is -0.976. The van der Waals surface area contributed by atoms with E-state index in [9.17, 15) is 28.7 Å². The molecule has 0 saturated carbocycles. The zero-order valence-electron chi connectivity index (χ0n) is 22.1. The van der Waals surface area contributed by atoms with Crippen molar-refractivity contribution in [3.63, 3.8) is 0 Å². The van der Waals surface area contributed by atoms with E-state index < -0.39 is 46.5 Å². The first-order valence-electron chi connectivity index (χ1n) is 12.0. The van der Waals surface area contributed by atoms with Gasteiger partial charge in [-0.15, -0.1) is 0 Å². The molecule has 38 heavy (non-hydrogen) atoms. The third-order valence-corrected chi connectivity index (χ3v) is 5.61. The molecule has 12 nitrogen and oxygen atoms in total. The number of nitrogens with zero attached hydrogens (tertiary/aromatic N) is 4. The second kappa shape index (κ2) is 11.6. The molecule has 3 rings (SSSR count). The third kappa shape index (κ3) is 7.28. The SMILES string of the molecule is CN(C)CC(=O)N1CCN(C(=O)OC(C)(C)C)CC1c1nc(C(=O)NCc2ccc(F)cc2)c(O)c(=O)[nH]1. The lowest BCUT2D eigenvalue weighted by Crippen LogP contribution is -2.55. The van der Waals surface area contributed by atoms with Gasteiger partial charge in [0.2, 0.25) is 11.7 Å². The standard InChI is InChI=1S/C25H33FN6O6/c1-25(2,3)38-24(37)31-10-11-32(18(33)14-30(4)5)17(13-31)21-28-19(20(34)23(36)29-21)22(35)27-12-15-6-8-16(26)9-7-15/h6-9,17,34H,10-14H2,1-5H3,(H,27,35)(H,28,29,36). The lowest BCUT2D eigenvalue weighted by atomic mass is 10.1. The summed E-state index contributed by atoms with van der Waals surface area (Å²) >= 11 is 0. The fourth-order valence-electron chi connectivity index (χ4n) is 3.84. The average Bonchev–Trinajstić information content (AvgIpc) is 2.83. The van der Waals surface area contributed by atoms with Crippen molar-refractivity contribution in [1.82, 2.24) is 30.0 Å². The minimum Gasteiger partial charge on any atom is -0.501 e. The van der Waals surface area contributed by atoms with E-state index >= 15 is 0 Å². The third-order valence-electron chi connectivity index (χ3n) is 5.61. The molecule has 1 aliphatic heterocycles. The molecule has 13 heteroatoms. The number of halogens is 1. The van der Waals surface area contributed by atoms with Crippen molar-refractivity contribution in [1.29, 1.82) is 0 Å². The molecular weight excluding hydrogens is 499 g/mol. The molecule has 1 aromatic carbocycles. The monoisotopic (exact) mass is 532 g/mol. The maximum absolute atomic E-state index is 13.2. The van der Waals surface area contributed by atoms with Crippen molar-refractivity contribution in [2.45, 2.75) is 39.0 Å². The van der Waals surface area contributed by atoms with E-state index in [4.69, 9.17) is 4.74 Å². The molecule has 0 bridgehead atoms. The smallest absolute Gasteiger partial charge is 0.410 e. The number of piperazine rings is 1. The van der Waals surface area contributed by atoms with E-state index in [0.717, 1.165) is 0 Å². The van der Waals surface area contributed by atoms with E-state index in [1.807, 2.05) is 0 Å². The van der Waals surface area contributed by atoms with Crippen LogP contribution in [-0.2, 0) is 16.1 Å². The van der Waals surface area contributed by atoms with Gasteiger partial charge in [0, 0.05) is 19.6 Å². The summed E-state index contributed by atoms with van der Waals surface area (Å²) in [5.41, 5.74) is -1.67. The number of rotatable bonds is 6. The largest absolute Gasteiger partial charge is 0.501 e. The summed E-state index contributed by atoms with van der Waals surface area (Å²) in [5, 5.41) is 12.8. The van der Waals surface area contributed by atoms with Crippen LogP contribution in [0, 0.1) is 5.82 Å². The van der Waals surface area contributed by atoms with Gasteiger partial charge in [-0.05, 0) is 52.6 Å². The number of likely N-dealkylation sites (N-methyl/N-ethyl adjacent to an activating group) is 1. The maximum atomic E-state index is 13.2. The van der Waals surface area contributed by atoms with Gasteiger partial charge in [-0.2, -0.15) is 0 Å². The predicted molar refractivity (Wildman–Crippen MR) is 135 cm³/mol. The van der Waals surface area contributed by atoms with Crippen LogP contribution in [0.5, 0.6) is 5.75 Å². The number of hydrogen-bond acceptors (Lipinski definition) is 8. The lowest BCUT2D eigenvalue weighted by molar-refractivity contribution is -0.137. The Morgan fingerprint density at radius 2 is 1.87 bits per heavy atom. The van der Waals surface area contributed by atoms with Gasteiger partial charge >= 0.3 is 6.09 Å². The van der Waals surface area contributed by atoms with Gasteiger partial charge in [-0.1, -0.05) is 12.1 Å². The first-order chi connectivity index (χ1) is 17.7. The number of aromatic amines is 1. The number of benzene rings is 1. The summed E-state index contributed by atoms with van der Waals surface area (Å²) in [4.78, 5) is 62.4. The summed E-state index contributed by atoms with van der Waals surface area (Å²) in [7, 11) is 3.46. The van der Waals surface area contributed by atoms with Crippen LogP contribution >= 0.6 is 0 Å². The van der Waals surface area contributed by atoms with Gasteiger partial charge in [0.15, 0.2) is 5.69 Å². The van der Waals surface area contributed by atoms with Crippen molar-refractivity contribution in [2.24, 2.45) is 0 Å². The molecular formula is C25H33FN6O6. The highest BCUT2D eigenvalue weighted by atomic mass is 19.1. The Labute approximate surface area is 219 Å². The van der Waals surface area contributed by atoms with Crippen LogP contribution < -0.4 is 10.9 Å². The molecule has 1 atom stereocenters. The second-order valence-corrected chi connectivity index (χ2v) is 10.2. The van der Waals surface area contributed by atoms with Crippen molar-refractivity contribution in [3.05, 3.63) is 57.5 Å². The molecule has 0 aliphatic carbocycles. The number of aromatic hydroxyl groups is 1. The highest BCUT2D eigenvalue weighted by Crippen LogP contribution is 2.25. The predicted octanol–water partition coefficient (Wildman–Crippen LogP) is 1.23. The molecule has 2 aromatic rings. The molecule has 2 heterocycles. The molecule has 0 spiro atoms. The number of ether oxygens (including phenoxy) is 1. The summed E-state index contributed by atoms with van der Waals surface area (Å²) in [6.45, 7) is 5.52. The quantitative estimate of drug-likeness (QED) is 0.503. The molecule has 3 amide bonds. The van der Waals surface area contributed by atoms with E-state index in [-0.39, 0.29) is 44.5 Å². The van der Waals surface area contributed by atoms with Gasteiger partial charge in [0.25, 0.3) is 11.5 Å². The molecule has 1 aliphatic rings. The molecule has 206 valence electrons. The topological polar surface area (TPSA) is 148 Å². The van der Waals surface area contributed by atoms with Crippen LogP contribution in [0.1, 0.15) is 48.7 Å². The van der Waals surface area contributed by atoms with Crippen molar-refractivity contribution < 1.29 is 28.6 Å². The Bertz CT molecular complexity index is 1240. The molecule has 1 aromatic heterocycles. The minimum absolute atomic E-state index is 0.00827. The summed E-state index contributed by atoms with van der Waals surface area (Å²) in [6.07, 6.45) is -0.597. The van der Waals surface area contributed by atoms with E-state index in [0.29, 0.717) is 5.56 Å². The van der Waals surface area contributed by atoms with Crippen LogP contribution in [0.3, 0.4) is 0 Å². The Morgan fingerprint density at radius 3 is 2.47 bits per heavy atom. The Kier molecular flexibility index (Phi) is 8.71. The van der Waals surface area contributed by atoms with Crippen LogP contribution in [0.4, 0.5) is 9.18 Å². The van der Waals surface area contributed by atoms with Gasteiger partial charge in [0.1, 0.15) is 23.3 Å². The van der Waals surface area contributed by atoms with Crippen molar-refractivity contribution >= 4 is 17.9 Å². The molecule has 3 N–H and O–H groups in total. The Balaban J connectivity index is 1.92. The number of nitrogens with one attached hydrogen (secondary N) is 2. The zero-order valence-corrected chi connectivity index (χ0v) is 22.1. The first kappa shape index (κ1) is 28.6. The van der Waals surface area contributed by atoms with E-state index in [1.165, 1.54) is 34.1 Å². The number of aromatic nitrogens is 2. The molecule has 1 fully saturated rings. The van der Waals surface area contributed by atoms with Gasteiger partial charge in [-0.25, -0.2) is 14.2 Å². The summed E-state index contributed by atoms with van der Waals surface area (Å²) in [5.74, 6) is -2.51.